The summed E-state index contributed by atoms with van der Waals surface area (Å²) in [5.41, 5.74) is 0.771. The lowest BCUT2D eigenvalue weighted by atomic mass is 10.4. The molecule has 0 radical (unpaired) electrons. The van der Waals surface area contributed by atoms with Gasteiger partial charge in [-0.2, -0.15) is 0 Å². The Morgan fingerprint density at radius 3 is 3.25 bits per heavy atom. The molecule has 0 bridgehead atoms. The number of fused-ring (bicyclic) bond motifs is 1. The number of aliphatic hydroxyl groups is 1. The van der Waals surface area contributed by atoms with Crippen molar-refractivity contribution >= 4 is 11.2 Å². The van der Waals surface area contributed by atoms with E-state index in [1.807, 2.05) is 0 Å². The third-order valence-electron chi connectivity index (χ3n) is 1.69. The summed E-state index contributed by atoms with van der Waals surface area (Å²) in [6.45, 7) is -0.329. The van der Waals surface area contributed by atoms with Crippen molar-refractivity contribution in [2.24, 2.45) is 0 Å². The van der Waals surface area contributed by atoms with Crippen LogP contribution in [0.2, 0.25) is 0 Å². The molecule has 0 amide bonds. The number of hydrogen-bond donors (Lipinski definition) is 2. The first-order valence-corrected chi connectivity index (χ1v) is 3.47. The molecule has 0 saturated heterocycles. The first-order valence-electron chi connectivity index (χ1n) is 3.47. The summed E-state index contributed by atoms with van der Waals surface area (Å²) in [4.78, 5) is 17.5. The molecular weight excluding hydrogens is 158 g/mol. The molecule has 0 aliphatic carbocycles. The van der Waals surface area contributed by atoms with Crippen molar-refractivity contribution in [3.05, 3.63) is 28.8 Å². The van der Waals surface area contributed by atoms with E-state index in [1.165, 1.54) is 4.57 Å². The van der Waals surface area contributed by atoms with Gasteiger partial charge in [0, 0.05) is 6.20 Å². The Hall–Kier alpha value is -1.62. The molecule has 2 N–H and O–H groups in total. The maximum absolute atomic E-state index is 11.1. The van der Waals surface area contributed by atoms with Gasteiger partial charge in [0.25, 0.3) is 0 Å². The van der Waals surface area contributed by atoms with Gasteiger partial charge in [0.05, 0.1) is 5.52 Å². The van der Waals surface area contributed by atoms with Crippen LogP contribution in [-0.4, -0.2) is 19.6 Å². The van der Waals surface area contributed by atoms with Crippen molar-refractivity contribution < 1.29 is 5.11 Å². The lowest BCUT2D eigenvalue weighted by Gasteiger charge is -1.93. The Balaban J connectivity index is 2.91. The van der Waals surface area contributed by atoms with E-state index in [4.69, 9.17) is 5.11 Å². The highest BCUT2D eigenvalue weighted by Crippen LogP contribution is 2.04. The molecule has 5 heteroatoms. The molecule has 0 aliphatic rings. The van der Waals surface area contributed by atoms with Gasteiger partial charge >= 0.3 is 5.69 Å². The maximum Gasteiger partial charge on any atom is 0.329 e. The molecule has 2 aromatic rings. The van der Waals surface area contributed by atoms with E-state index in [9.17, 15) is 4.79 Å². The van der Waals surface area contributed by atoms with Crippen LogP contribution in [0.3, 0.4) is 0 Å². The Bertz CT molecular complexity index is 457. The number of hydrogen-bond acceptors (Lipinski definition) is 3. The van der Waals surface area contributed by atoms with E-state index >= 15 is 0 Å². The predicted octanol–water partition coefficient (Wildman–Crippen LogP) is -0.326. The molecule has 2 aromatic heterocycles. The van der Waals surface area contributed by atoms with Crippen molar-refractivity contribution in [1.29, 1.82) is 0 Å². The minimum absolute atomic E-state index is 0.329. The molecular formula is C7H7N3O2. The largest absolute Gasteiger partial charge is 0.376 e. The van der Waals surface area contributed by atoms with Crippen LogP contribution in [0.15, 0.2) is 23.1 Å². The topological polar surface area (TPSA) is 70.9 Å². The highest BCUT2D eigenvalue weighted by atomic mass is 16.3. The molecule has 62 valence electrons. The van der Waals surface area contributed by atoms with Crippen LogP contribution in [-0.2, 0) is 6.73 Å². The van der Waals surface area contributed by atoms with Crippen LogP contribution >= 0.6 is 0 Å². The minimum Gasteiger partial charge on any atom is -0.376 e. The average Bonchev–Trinajstić information content (AvgIpc) is 2.40. The average molecular weight is 165 g/mol. The Kier molecular flexibility index (Phi) is 1.44. The number of pyridine rings is 1. The zero-order valence-electron chi connectivity index (χ0n) is 6.19. The summed E-state index contributed by atoms with van der Waals surface area (Å²) in [5.74, 6) is 0. The monoisotopic (exact) mass is 165 g/mol. The van der Waals surface area contributed by atoms with Crippen LogP contribution < -0.4 is 5.69 Å². The van der Waals surface area contributed by atoms with Gasteiger partial charge in [-0.3, -0.25) is 9.55 Å². The number of rotatable bonds is 1. The summed E-state index contributed by atoms with van der Waals surface area (Å²) < 4.78 is 1.21. The van der Waals surface area contributed by atoms with Crippen molar-refractivity contribution in [3.8, 4) is 0 Å². The van der Waals surface area contributed by atoms with Gasteiger partial charge in [0.1, 0.15) is 6.73 Å². The predicted molar refractivity (Wildman–Crippen MR) is 42.6 cm³/mol. The van der Waals surface area contributed by atoms with Crippen molar-refractivity contribution in [3.63, 3.8) is 0 Å². The molecule has 0 spiro atoms. The first kappa shape index (κ1) is 7.05. The molecule has 12 heavy (non-hydrogen) atoms. The number of nitrogens with one attached hydrogen (secondary N) is 1. The third-order valence-corrected chi connectivity index (χ3v) is 1.69. The van der Waals surface area contributed by atoms with Crippen LogP contribution in [0.5, 0.6) is 0 Å². The standard InChI is InChI=1S/C7H7N3O2/c11-4-10-5-2-1-3-8-6(5)9-7(10)12/h1-3,11H,4H2,(H,8,9,12). The van der Waals surface area contributed by atoms with Gasteiger partial charge in [-0.15, -0.1) is 0 Å². The van der Waals surface area contributed by atoms with Gasteiger partial charge in [-0.25, -0.2) is 9.78 Å². The Labute approximate surface area is 67.3 Å². The molecule has 2 heterocycles. The lowest BCUT2D eigenvalue weighted by molar-refractivity contribution is 0.211. The first-order chi connectivity index (χ1) is 5.83. The zero-order chi connectivity index (χ0) is 8.55. The second-order valence-corrected chi connectivity index (χ2v) is 2.37. The highest BCUT2D eigenvalue weighted by molar-refractivity contribution is 5.69. The van der Waals surface area contributed by atoms with Crippen molar-refractivity contribution in [2.45, 2.75) is 6.73 Å². The summed E-state index contributed by atoms with van der Waals surface area (Å²) >= 11 is 0. The van der Waals surface area contributed by atoms with E-state index in [0.29, 0.717) is 11.2 Å². The fourth-order valence-electron chi connectivity index (χ4n) is 1.13. The van der Waals surface area contributed by atoms with Crippen LogP contribution in [0.1, 0.15) is 0 Å². The van der Waals surface area contributed by atoms with E-state index < -0.39 is 0 Å². The summed E-state index contributed by atoms with van der Waals surface area (Å²) in [7, 11) is 0. The summed E-state index contributed by atoms with van der Waals surface area (Å²) in [6, 6.07) is 3.43. The van der Waals surface area contributed by atoms with E-state index in [-0.39, 0.29) is 12.4 Å². The number of aromatic amines is 1. The fraction of sp³-hybridized carbons (Fsp3) is 0.143. The second kappa shape index (κ2) is 2.46. The number of aromatic nitrogens is 3. The number of aliphatic hydroxyl groups excluding tert-OH is 1. The molecule has 5 nitrogen and oxygen atoms in total. The minimum atomic E-state index is -0.341. The second-order valence-electron chi connectivity index (χ2n) is 2.37. The normalized spacial score (nSPS) is 10.8. The Morgan fingerprint density at radius 2 is 2.50 bits per heavy atom. The van der Waals surface area contributed by atoms with E-state index in [2.05, 4.69) is 9.97 Å². The quantitative estimate of drug-likeness (QED) is 0.608. The Morgan fingerprint density at radius 1 is 1.67 bits per heavy atom. The van der Waals surface area contributed by atoms with Gasteiger partial charge < -0.3 is 5.11 Å². The van der Waals surface area contributed by atoms with Crippen molar-refractivity contribution in [1.82, 2.24) is 14.5 Å². The molecule has 0 aliphatic heterocycles. The molecule has 0 atom stereocenters. The molecule has 0 aromatic carbocycles. The van der Waals surface area contributed by atoms with E-state index in [1.54, 1.807) is 18.3 Å². The molecule has 0 unspecified atom stereocenters. The SMILES string of the molecule is O=c1[nH]c2ncccc2n1CO. The molecule has 0 saturated carbocycles. The molecule has 2 rings (SSSR count). The number of H-pyrrole nitrogens is 1. The van der Waals surface area contributed by atoms with Crippen LogP contribution in [0, 0.1) is 0 Å². The summed E-state index contributed by atoms with van der Waals surface area (Å²) in [5, 5.41) is 8.82. The number of imidazole rings is 1. The maximum atomic E-state index is 11.1. The fourth-order valence-corrected chi connectivity index (χ4v) is 1.13. The van der Waals surface area contributed by atoms with Gasteiger partial charge in [0.15, 0.2) is 5.65 Å². The third kappa shape index (κ3) is 0.835. The highest BCUT2D eigenvalue weighted by Gasteiger charge is 2.03. The van der Waals surface area contributed by atoms with Crippen LogP contribution in [0.25, 0.3) is 11.2 Å². The molecule has 0 fully saturated rings. The van der Waals surface area contributed by atoms with Gasteiger partial charge in [-0.1, -0.05) is 0 Å². The van der Waals surface area contributed by atoms with Gasteiger partial charge in [0.2, 0.25) is 0 Å². The van der Waals surface area contributed by atoms with Gasteiger partial charge in [-0.05, 0) is 12.1 Å². The van der Waals surface area contributed by atoms with Crippen molar-refractivity contribution in [2.75, 3.05) is 0 Å². The van der Waals surface area contributed by atoms with Crippen LogP contribution in [0.4, 0.5) is 0 Å². The van der Waals surface area contributed by atoms with E-state index in [0.717, 1.165) is 0 Å². The lowest BCUT2D eigenvalue weighted by Crippen LogP contribution is -2.16. The number of nitrogens with zero attached hydrogens (tertiary/aromatic N) is 2. The summed E-state index contributed by atoms with van der Waals surface area (Å²) in [6.07, 6.45) is 1.58. The zero-order valence-corrected chi connectivity index (χ0v) is 6.19. The smallest absolute Gasteiger partial charge is 0.329 e.